The smallest absolute Gasteiger partial charge is 0.254 e. The summed E-state index contributed by atoms with van der Waals surface area (Å²) in [5, 5.41) is 4.17. The van der Waals surface area contributed by atoms with Crippen molar-refractivity contribution in [3.05, 3.63) is 57.2 Å². The van der Waals surface area contributed by atoms with Crippen LogP contribution in [0.15, 0.2) is 47.6 Å². The molecule has 8 heteroatoms. The summed E-state index contributed by atoms with van der Waals surface area (Å²) in [4.78, 5) is 16.5. The predicted octanol–water partition coefficient (Wildman–Crippen LogP) is 3.50. The van der Waals surface area contributed by atoms with Gasteiger partial charge in [0, 0.05) is 47.1 Å². The maximum atomic E-state index is 12.2. The van der Waals surface area contributed by atoms with E-state index in [4.69, 9.17) is 9.47 Å². The third-order valence-corrected chi connectivity index (χ3v) is 6.02. The zero-order valence-corrected chi connectivity index (χ0v) is 20.9. The van der Waals surface area contributed by atoms with Crippen LogP contribution in [-0.4, -0.2) is 63.0 Å². The second-order valence-electron chi connectivity index (χ2n) is 7.49. The molecule has 2 aromatic carbocycles. The Morgan fingerprint density at radius 1 is 1.19 bits per heavy atom. The standard InChI is InChI=1S/C24H31IN4O3/c1-3-29(4-2)22-10-7-20(16-26-27-24(30)17-28-11-13-31-14-12-28)23(15-22)32-18-19-5-8-21(25)9-6-19/h5-10,15-16H,3-4,11-14,17-18H2,1-2H3,(H,27,30)/b26-16-. The first-order valence-corrected chi connectivity index (χ1v) is 12.0. The summed E-state index contributed by atoms with van der Waals surface area (Å²) in [6.07, 6.45) is 1.65. The minimum atomic E-state index is -0.135. The van der Waals surface area contributed by atoms with Crippen molar-refractivity contribution < 1.29 is 14.3 Å². The van der Waals surface area contributed by atoms with E-state index in [2.05, 4.69) is 87.1 Å². The molecule has 1 aliphatic heterocycles. The van der Waals surface area contributed by atoms with Gasteiger partial charge in [-0.05, 0) is 66.3 Å². The number of benzene rings is 2. The van der Waals surface area contributed by atoms with Gasteiger partial charge in [0.05, 0.1) is 26.0 Å². The first-order chi connectivity index (χ1) is 15.6. The molecule has 0 aromatic heterocycles. The maximum absolute atomic E-state index is 12.2. The second-order valence-corrected chi connectivity index (χ2v) is 8.74. The first-order valence-electron chi connectivity index (χ1n) is 11.0. The van der Waals surface area contributed by atoms with E-state index in [0.717, 1.165) is 48.7 Å². The van der Waals surface area contributed by atoms with Gasteiger partial charge in [-0.2, -0.15) is 5.10 Å². The average Bonchev–Trinajstić information content (AvgIpc) is 2.81. The Kier molecular flexibility index (Phi) is 9.76. The number of rotatable bonds is 10. The molecule has 32 heavy (non-hydrogen) atoms. The van der Waals surface area contributed by atoms with Gasteiger partial charge in [0.1, 0.15) is 12.4 Å². The molecule has 1 aliphatic rings. The molecule has 1 saturated heterocycles. The molecule has 0 atom stereocenters. The van der Waals surface area contributed by atoms with Gasteiger partial charge in [-0.3, -0.25) is 9.69 Å². The van der Waals surface area contributed by atoms with Gasteiger partial charge in [-0.1, -0.05) is 12.1 Å². The van der Waals surface area contributed by atoms with Gasteiger partial charge >= 0.3 is 0 Å². The van der Waals surface area contributed by atoms with Crippen LogP contribution in [0.1, 0.15) is 25.0 Å². The SMILES string of the molecule is CCN(CC)c1ccc(/C=N\NC(=O)CN2CCOCC2)c(OCc2ccc(I)cc2)c1. The summed E-state index contributed by atoms with van der Waals surface area (Å²) < 4.78 is 12.7. The quantitative estimate of drug-likeness (QED) is 0.279. The third kappa shape index (κ3) is 7.46. The largest absolute Gasteiger partial charge is 0.488 e. The summed E-state index contributed by atoms with van der Waals surface area (Å²) in [6.45, 7) is 9.73. The highest BCUT2D eigenvalue weighted by atomic mass is 127. The molecule has 2 aromatic rings. The minimum Gasteiger partial charge on any atom is -0.488 e. The van der Waals surface area contributed by atoms with Crippen LogP contribution in [0.4, 0.5) is 5.69 Å². The molecule has 1 N–H and O–H groups in total. The molecule has 0 saturated carbocycles. The average molecular weight is 550 g/mol. The molecule has 0 unspecified atom stereocenters. The Labute approximate surface area is 203 Å². The van der Waals surface area contributed by atoms with Gasteiger partial charge in [0.2, 0.25) is 0 Å². The van der Waals surface area contributed by atoms with Crippen LogP contribution in [0.2, 0.25) is 0 Å². The highest BCUT2D eigenvalue weighted by Gasteiger charge is 2.14. The van der Waals surface area contributed by atoms with Crippen LogP contribution in [0.5, 0.6) is 5.75 Å². The van der Waals surface area contributed by atoms with Crippen molar-refractivity contribution in [2.24, 2.45) is 5.10 Å². The summed E-state index contributed by atoms with van der Waals surface area (Å²) in [5.41, 5.74) is 5.64. The van der Waals surface area contributed by atoms with E-state index in [1.54, 1.807) is 6.21 Å². The Balaban J connectivity index is 1.68. The Morgan fingerprint density at radius 3 is 2.59 bits per heavy atom. The number of carbonyl (C=O) groups is 1. The van der Waals surface area contributed by atoms with Gasteiger partial charge in [-0.15, -0.1) is 0 Å². The van der Waals surface area contributed by atoms with Crippen molar-refractivity contribution in [1.82, 2.24) is 10.3 Å². The highest BCUT2D eigenvalue weighted by Crippen LogP contribution is 2.26. The maximum Gasteiger partial charge on any atom is 0.254 e. The molecule has 0 radical (unpaired) electrons. The van der Waals surface area contributed by atoms with E-state index in [1.165, 1.54) is 3.57 Å². The van der Waals surface area contributed by atoms with Crippen LogP contribution < -0.4 is 15.1 Å². The molecule has 0 aliphatic carbocycles. The normalized spacial score (nSPS) is 14.5. The minimum absolute atomic E-state index is 0.135. The summed E-state index contributed by atoms with van der Waals surface area (Å²) in [5.74, 6) is 0.600. The zero-order valence-electron chi connectivity index (χ0n) is 18.7. The lowest BCUT2D eigenvalue weighted by Crippen LogP contribution is -2.42. The van der Waals surface area contributed by atoms with Crippen molar-refractivity contribution in [1.29, 1.82) is 0 Å². The summed E-state index contributed by atoms with van der Waals surface area (Å²) in [7, 11) is 0. The number of amides is 1. The number of nitrogens with one attached hydrogen (secondary N) is 1. The monoisotopic (exact) mass is 550 g/mol. The van der Waals surface area contributed by atoms with E-state index < -0.39 is 0 Å². The molecular weight excluding hydrogens is 519 g/mol. The number of carbonyl (C=O) groups excluding carboxylic acids is 1. The number of hydrogen-bond donors (Lipinski definition) is 1. The summed E-state index contributed by atoms with van der Waals surface area (Å²) in [6, 6.07) is 14.3. The Bertz CT molecular complexity index is 895. The van der Waals surface area contributed by atoms with Gasteiger partial charge in [0.25, 0.3) is 5.91 Å². The fourth-order valence-electron chi connectivity index (χ4n) is 3.45. The molecular formula is C24H31IN4O3. The van der Waals surface area contributed by atoms with Gasteiger partial charge < -0.3 is 14.4 Å². The van der Waals surface area contributed by atoms with E-state index in [0.29, 0.717) is 26.4 Å². The van der Waals surface area contributed by atoms with Crippen molar-refractivity contribution in [3.8, 4) is 5.75 Å². The second kappa shape index (κ2) is 12.8. The Hall–Kier alpha value is -2.17. The fraction of sp³-hybridized carbons (Fsp3) is 0.417. The van der Waals surface area contributed by atoms with Crippen molar-refractivity contribution in [2.45, 2.75) is 20.5 Å². The number of anilines is 1. The van der Waals surface area contributed by atoms with Crippen LogP contribution in [-0.2, 0) is 16.1 Å². The van der Waals surface area contributed by atoms with Crippen LogP contribution >= 0.6 is 22.6 Å². The number of hydrazone groups is 1. The molecule has 0 spiro atoms. The molecule has 1 heterocycles. The van der Waals surface area contributed by atoms with Crippen LogP contribution in [0, 0.1) is 3.57 Å². The molecule has 3 rings (SSSR count). The predicted molar refractivity (Wildman–Crippen MR) is 136 cm³/mol. The summed E-state index contributed by atoms with van der Waals surface area (Å²) >= 11 is 2.29. The van der Waals surface area contributed by atoms with E-state index in [1.807, 2.05) is 12.1 Å². The molecule has 0 bridgehead atoms. The molecule has 1 amide bonds. The molecule has 1 fully saturated rings. The Morgan fingerprint density at radius 2 is 1.91 bits per heavy atom. The van der Waals surface area contributed by atoms with Gasteiger partial charge in [0.15, 0.2) is 0 Å². The van der Waals surface area contributed by atoms with E-state index in [-0.39, 0.29) is 5.91 Å². The number of nitrogens with zero attached hydrogens (tertiary/aromatic N) is 3. The van der Waals surface area contributed by atoms with Crippen LogP contribution in [0.25, 0.3) is 0 Å². The number of hydrogen-bond acceptors (Lipinski definition) is 6. The van der Waals surface area contributed by atoms with E-state index in [9.17, 15) is 4.79 Å². The fourth-order valence-corrected chi connectivity index (χ4v) is 3.81. The number of morpholine rings is 1. The lowest BCUT2D eigenvalue weighted by atomic mass is 10.1. The lowest BCUT2D eigenvalue weighted by Gasteiger charge is -2.25. The number of ether oxygens (including phenoxy) is 2. The molecule has 172 valence electrons. The van der Waals surface area contributed by atoms with Crippen LogP contribution in [0.3, 0.4) is 0 Å². The number of halogens is 1. The highest BCUT2D eigenvalue weighted by molar-refractivity contribution is 14.1. The first kappa shape index (κ1) is 24.5. The van der Waals surface area contributed by atoms with Crippen molar-refractivity contribution in [3.63, 3.8) is 0 Å². The van der Waals surface area contributed by atoms with E-state index >= 15 is 0 Å². The van der Waals surface area contributed by atoms with Gasteiger partial charge in [-0.25, -0.2) is 5.43 Å². The topological polar surface area (TPSA) is 66.4 Å². The lowest BCUT2D eigenvalue weighted by molar-refractivity contribution is -0.123. The third-order valence-electron chi connectivity index (χ3n) is 5.30. The van der Waals surface area contributed by atoms with Crippen molar-refractivity contribution in [2.75, 3.05) is 50.8 Å². The van der Waals surface area contributed by atoms with Crippen molar-refractivity contribution >= 4 is 40.4 Å². The zero-order chi connectivity index (χ0) is 22.8. The molecule has 7 nitrogen and oxygen atoms in total.